The number of carbonyl (C=O) groups excluding carboxylic acids is 1. The number of amides is 1. The van der Waals surface area contributed by atoms with Gasteiger partial charge in [0.25, 0.3) is 5.91 Å². The number of nitrogens with one attached hydrogen (secondary N) is 2. The number of rotatable bonds is 6. The molecule has 0 aliphatic heterocycles. The number of halogens is 1. The molecule has 0 saturated heterocycles. The third-order valence-corrected chi connectivity index (χ3v) is 4.84. The van der Waals surface area contributed by atoms with Crippen molar-refractivity contribution in [2.45, 2.75) is 6.42 Å². The predicted octanol–water partition coefficient (Wildman–Crippen LogP) is 4.90. The zero-order valence-corrected chi connectivity index (χ0v) is 17.8. The molecule has 0 unspecified atom stereocenters. The Morgan fingerprint density at radius 3 is 2.55 bits per heavy atom. The van der Waals surface area contributed by atoms with Gasteiger partial charge in [-0.25, -0.2) is 0 Å². The topological polar surface area (TPSA) is 70.6 Å². The van der Waals surface area contributed by atoms with E-state index >= 15 is 0 Å². The number of thiocarbonyl (C=S) groups is 1. The quantitative estimate of drug-likeness (QED) is 0.446. The largest absolute Gasteiger partial charge is 0.508 e. The summed E-state index contributed by atoms with van der Waals surface area (Å²) >= 11 is 8.61. The van der Waals surface area contributed by atoms with Gasteiger partial charge in [-0.2, -0.15) is 0 Å². The molecule has 5 nitrogen and oxygen atoms in total. The van der Waals surface area contributed by atoms with Gasteiger partial charge in [0.15, 0.2) is 5.11 Å². The minimum absolute atomic E-state index is 0.107. The molecule has 3 aromatic rings. The van der Waals surface area contributed by atoms with E-state index in [0.717, 1.165) is 6.42 Å². The lowest BCUT2D eigenvalue weighted by Crippen LogP contribution is -2.34. The Hall–Kier alpha value is -2.90. The molecule has 1 amide bonds. The van der Waals surface area contributed by atoms with Crippen LogP contribution in [0, 0.1) is 0 Å². The van der Waals surface area contributed by atoms with Crippen LogP contribution >= 0.6 is 28.1 Å². The highest BCUT2D eigenvalue weighted by Crippen LogP contribution is 2.26. The molecular formula is C22H19BrN2O3S. The van der Waals surface area contributed by atoms with Crippen LogP contribution in [-0.2, 0) is 6.42 Å². The van der Waals surface area contributed by atoms with E-state index in [0.29, 0.717) is 28.1 Å². The number of hydrogen-bond donors (Lipinski definition) is 3. The second-order valence-electron chi connectivity index (χ2n) is 6.19. The molecule has 3 rings (SSSR count). The Morgan fingerprint density at radius 1 is 1.03 bits per heavy atom. The Kier molecular flexibility index (Phi) is 7.21. The summed E-state index contributed by atoms with van der Waals surface area (Å²) < 4.78 is 6.49. The summed E-state index contributed by atoms with van der Waals surface area (Å²) in [5, 5.41) is 15.1. The predicted molar refractivity (Wildman–Crippen MR) is 122 cm³/mol. The van der Waals surface area contributed by atoms with Gasteiger partial charge >= 0.3 is 0 Å². The third-order valence-electron chi connectivity index (χ3n) is 4.02. The lowest BCUT2D eigenvalue weighted by atomic mass is 10.2. The maximum Gasteiger partial charge on any atom is 0.257 e. The van der Waals surface area contributed by atoms with Gasteiger partial charge in [0.05, 0.1) is 11.1 Å². The highest BCUT2D eigenvalue weighted by Gasteiger charge is 2.11. The van der Waals surface area contributed by atoms with Crippen LogP contribution in [0.15, 0.2) is 77.3 Å². The Morgan fingerprint density at radius 2 is 1.83 bits per heavy atom. The Labute approximate surface area is 182 Å². The first-order valence-corrected chi connectivity index (χ1v) is 10.1. The minimum Gasteiger partial charge on any atom is -0.508 e. The summed E-state index contributed by atoms with van der Waals surface area (Å²) in [7, 11) is 0. The van der Waals surface area contributed by atoms with E-state index < -0.39 is 0 Å². The highest BCUT2D eigenvalue weighted by atomic mass is 79.9. The molecule has 3 N–H and O–H groups in total. The first-order chi connectivity index (χ1) is 14.0. The summed E-state index contributed by atoms with van der Waals surface area (Å²) in [6.45, 7) is 0.534. The fourth-order valence-corrected chi connectivity index (χ4v) is 3.31. The van der Waals surface area contributed by atoms with E-state index in [1.807, 2.05) is 18.2 Å². The number of aromatic hydroxyl groups is 1. The van der Waals surface area contributed by atoms with E-state index in [9.17, 15) is 9.90 Å². The molecular weight excluding hydrogens is 452 g/mol. The Balaban J connectivity index is 1.54. The molecule has 0 heterocycles. The van der Waals surface area contributed by atoms with Gasteiger partial charge in [0.2, 0.25) is 0 Å². The molecule has 0 bridgehead atoms. The Bertz CT molecular complexity index is 1010. The molecule has 0 fully saturated rings. The van der Waals surface area contributed by atoms with E-state index in [2.05, 4.69) is 38.7 Å². The number of phenolic OH excluding ortho intramolecular Hbond substituents is 1. The standard InChI is InChI=1S/C22H19BrN2O3S/c23-19-13-16(9-10-20(19)28-12-11-15-5-2-1-3-6-15)21(27)25-22(29)24-17-7-4-8-18(26)14-17/h1-10,13-14,26H,11-12H2,(H2,24,25,27,29). The van der Waals surface area contributed by atoms with Gasteiger partial charge in [-0.1, -0.05) is 36.4 Å². The van der Waals surface area contributed by atoms with E-state index in [1.54, 1.807) is 36.4 Å². The summed E-state index contributed by atoms with van der Waals surface area (Å²) in [5.74, 6) is 0.424. The van der Waals surface area contributed by atoms with Crippen LogP contribution in [-0.4, -0.2) is 22.7 Å². The van der Waals surface area contributed by atoms with Crippen LogP contribution in [0.1, 0.15) is 15.9 Å². The molecule has 148 valence electrons. The van der Waals surface area contributed by atoms with Crippen molar-refractivity contribution in [3.8, 4) is 11.5 Å². The molecule has 0 saturated carbocycles. The molecule has 0 radical (unpaired) electrons. The molecule has 0 spiro atoms. The van der Waals surface area contributed by atoms with Crippen molar-refractivity contribution >= 4 is 44.9 Å². The van der Waals surface area contributed by atoms with Gasteiger partial charge in [-0.05, 0) is 64.0 Å². The van der Waals surface area contributed by atoms with Crippen molar-refractivity contribution in [3.63, 3.8) is 0 Å². The summed E-state index contributed by atoms with van der Waals surface area (Å²) in [6, 6.07) is 21.7. The summed E-state index contributed by atoms with van der Waals surface area (Å²) in [6.07, 6.45) is 0.796. The monoisotopic (exact) mass is 470 g/mol. The van der Waals surface area contributed by atoms with Crippen LogP contribution in [0.2, 0.25) is 0 Å². The van der Waals surface area contributed by atoms with Gasteiger partial charge in [-0.15, -0.1) is 0 Å². The van der Waals surface area contributed by atoms with Crippen molar-refractivity contribution in [1.82, 2.24) is 5.32 Å². The number of ether oxygens (including phenoxy) is 1. The number of hydrogen-bond acceptors (Lipinski definition) is 4. The average molecular weight is 471 g/mol. The van der Waals surface area contributed by atoms with Gasteiger partial charge in [0, 0.05) is 23.7 Å². The van der Waals surface area contributed by atoms with E-state index in [-0.39, 0.29) is 16.8 Å². The van der Waals surface area contributed by atoms with Crippen LogP contribution in [0.4, 0.5) is 5.69 Å². The zero-order valence-electron chi connectivity index (χ0n) is 15.4. The van der Waals surface area contributed by atoms with Gasteiger partial charge in [-0.3, -0.25) is 10.1 Å². The fraction of sp³-hybridized carbons (Fsp3) is 0.0909. The number of carbonyl (C=O) groups is 1. The highest BCUT2D eigenvalue weighted by molar-refractivity contribution is 9.10. The smallest absolute Gasteiger partial charge is 0.257 e. The number of benzene rings is 3. The maximum absolute atomic E-state index is 12.4. The second kappa shape index (κ2) is 10.0. The van der Waals surface area contributed by atoms with Crippen LogP contribution in [0.25, 0.3) is 0 Å². The zero-order chi connectivity index (χ0) is 20.6. The maximum atomic E-state index is 12.4. The third kappa shape index (κ3) is 6.30. The molecule has 0 aliphatic rings. The van der Waals surface area contributed by atoms with Crippen molar-refractivity contribution in [2.24, 2.45) is 0 Å². The fourth-order valence-electron chi connectivity index (χ4n) is 2.60. The first kappa shape index (κ1) is 20.8. The van der Waals surface area contributed by atoms with Gasteiger partial charge in [0.1, 0.15) is 11.5 Å². The normalized spacial score (nSPS) is 10.2. The van der Waals surface area contributed by atoms with Crippen molar-refractivity contribution in [1.29, 1.82) is 0 Å². The SMILES string of the molecule is O=C(NC(=S)Nc1cccc(O)c1)c1ccc(OCCc2ccccc2)c(Br)c1. The van der Waals surface area contributed by atoms with Gasteiger partial charge < -0.3 is 15.2 Å². The second-order valence-corrected chi connectivity index (χ2v) is 7.45. The summed E-state index contributed by atoms with van der Waals surface area (Å²) in [4.78, 5) is 12.4. The van der Waals surface area contributed by atoms with Crippen LogP contribution < -0.4 is 15.4 Å². The average Bonchev–Trinajstić information content (AvgIpc) is 2.70. The molecule has 0 aromatic heterocycles. The molecule has 29 heavy (non-hydrogen) atoms. The van der Waals surface area contributed by atoms with Crippen molar-refractivity contribution < 1.29 is 14.6 Å². The molecule has 7 heteroatoms. The van der Waals surface area contributed by atoms with Crippen molar-refractivity contribution in [2.75, 3.05) is 11.9 Å². The van der Waals surface area contributed by atoms with Crippen LogP contribution in [0.5, 0.6) is 11.5 Å². The molecule has 3 aromatic carbocycles. The minimum atomic E-state index is -0.348. The lowest BCUT2D eigenvalue weighted by molar-refractivity contribution is 0.0977. The molecule has 0 atom stereocenters. The van der Waals surface area contributed by atoms with E-state index in [4.69, 9.17) is 17.0 Å². The first-order valence-electron chi connectivity index (χ1n) is 8.89. The van der Waals surface area contributed by atoms with Crippen molar-refractivity contribution in [3.05, 3.63) is 88.4 Å². The number of anilines is 1. The van der Waals surface area contributed by atoms with Crippen LogP contribution in [0.3, 0.4) is 0 Å². The summed E-state index contributed by atoms with van der Waals surface area (Å²) in [5.41, 5.74) is 2.22. The van der Waals surface area contributed by atoms with E-state index in [1.165, 1.54) is 11.6 Å². The lowest BCUT2D eigenvalue weighted by Gasteiger charge is -2.12. The number of phenols is 1. The molecule has 0 aliphatic carbocycles.